The smallest absolute Gasteiger partial charge is 0.224 e. The summed E-state index contributed by atoms with van der Waals surface area (Å²) < 4.78 is 0. The predicted octanol–water partition coefficient (Wildman–Crippen LogP) is 2.29. The number of carbonyl (C=O) groups is 1. The van der Waals surface area contributed by atoms with Gasteiger partial charge in [-0.25, -0.2) is 9.97 Å². The van der Waals surface area contributed by atoms with Crippen molar-refractivity contribution in [1.29, 1.82) is 5.26 Å². The van der Waals surface area contributed by atoms with Gasteiger partial charge >= 0.3 is 0 Å². The zero-order chi connectivity index (χ0) is 21.4. The number of amides is 1. The molecule has 3 aromatic rings. The number of aliphatic hydroxyl groups is 1. The molecule has 2 atom stereocenters. The van der Waals surface area contributed by atoms with Crippen LogP contribution in [0.15, 0.2) is 42.9 Å². The van der Waals surface area contributed by atoms with Gasteiger partial charge in [0.2, 0.25) is 5.91 Å². The normalized spacial score (nSPS) is 20.4. The van der Waals surface area contributed by atoms with Crippen LogP contribution in [0.5, 0.6) is 0 Å². The fourth-order valence-corrected chi connectivity index (χ4v) is 4.86. The molecular weight excluding hydrogens is 392 g/mol. The summed E-state index contributed by atoms with van der Waals surface area (Å²) in [4.78, 5) is 27.4. The number of aliphatic hydroxyl groups excluding tert-OH is 1. The zero-order valence-corrected chi connectivity index (χ0v) is 17.1. The minimum Gasteiger partial charge on any atom is -0.394 e. The third kappa shape index (κ3) is 3.51. The van der Waals surface area contributed by atoms with Crippen molar-refractivity contribution in [3.63, 3.8) is 0 Å². The maximum atomic E-state index is 13.2. The third-order valence-corrected chi connectivity index (χ3v) is 6.69. The summed E-state index contributed by atoms with van der Waals surface area (Å²) >= 11 is 0. The van der Waals surface area contributed by atoms with Gasteiger partial charge in [-0.2, -0.15) is 5.26 Å². The largest absolute Gasteiger partial charge is 0.394 e. The van der Waals surface area contributed by atoms with Crippen LogP contribution in [0.25, 0.3) is 11.0 Å². The van der Waals surface area contributed by atoms with Crippen molar-refractivity contribution in [3.05, 3.63) is 54.0 Å². The Morgan fingerprint density at radius 1 is 1.39 bits per heavy atom. The number of aromatic amines is 1. The highest BCUT2D eigenvalue weighted by Gasteiger charge is 2.55. The summed E-state index contributed by atoms with van der Waals surface area (Å²) in [5.41, 5.74) is 2.02. The molecule has 8 nitrogen and oxygen atoms in total. The van der Waals surface area contributed by atoms with E-state index in [1.807, 2.05) is 18.3 Å². The molecule has 1 aromatic carbocycles. The number of hydrogen-bond donors (Lipinski definition) is 3. The molecule has 3 N–H and O–H groups in total. The summed E-state index contributed by atoms with van der Waals surface area (Å²) in [6.45, 7) is 1.32. The Kier molecular flexibility index (Phi) is 4.83. The lowest BCUT2D eigenvalue weighted by Gasteiger charge is -2.39. The van der Waals surface area contributed by atoms with E-state index in [2.05, 4.69) is 31.2 Å². The molecule has 3 heterocycles. The molecule has 1 saturated heterocycles. The van der Waals surface area contributed by atoms with Crippen molar-refractivity contribution >= 4 is 22.8 Å². The molecule has 1 unspecified atom stereocenters. The minimum absolute atomic E-state index is 0.0203. The number of aromatic nitrogens is 3. The molecule has 2 aliphatic rings. The molecule has 1 spiro atoms. The lowest BCUT2D eigenvalue weighted by Crippen LogP contribution is -2.49. The Morgan fingerprint density at radius 3 is 3.03 bits per heavy atom. The summed E-state index contributed by atoms with van der Waals surface area (Å²) in [6, 6.07) is 10.6. The third-order valence-electron chi connectivity index (χ3n) is 6.69. The van der Waals surface area contributed by atoms with Crippen molar-refractivity contribution in [1.82, 2.24) is 20.3 Å². The molecule has 0 radical (unpaired) electrons. The molecule has 0 bridgehead atoms. The fourth-order valence-electron chi connectivity index (χ4n) is 4.86. The average Bonchev–Trinajstić information content (AvgIpc) is 3.38. The van der Waals surface area contributed by atoms with Gasteiger partial charge < -0.3 is 20.3 Å². The number of hydrogen-bond acceptors (Lipinski definition) is 6. The Balaban J connectivity index is 1.32. The predicted molar refractivity (Wildman–Crippen MR) is 115 cm³/mol. The molecule has 1 saturated carbocycles. The highest BCUT2D eigenvalue weighted by Crippen LogP contribution is 2.56. The van der Waals surface area contributed by atoms with Crippen LogP contribution < -0.4 is 10.2 Å². The average molecular weight is 416 g/mol. The maximum absolute atomic E-state index is 13.2. The summed E-state index contributed by atoms with van der Waals surface area (Å²) in [5, 5.41) is 23.0. The number of nitriles is 1. The van der Waals surface area contributed by atoms with Crippen molar-refractivity contribution in [2.24, 2.45) is 11.3 Å². The van der Waals surface area contributed by atoms with Crippen LogP contribution >= 0.6 is 0 Å². The maximum Gasteiger partial charge on any atom is 0.224 e. The van der Waals surface area contributed by atoms with Crippen molar-refractivity contribution in [2.45, 2.75) is 25.3 Å². The molecule has 8 heteroatoms. The Labute approximate surface area is 179 Å². The quantitative estimate of drug-likeness (QED) is 0.587. The molecular formula is C23H24N6O2. The Bertz CT molecular complexity index is 1160. The standard InChI is InChI=1S/C23H24N6O2/c24-11-15-2-1-3-16(10-15)19(12-30)28-22(31)18-5-9-29(13-23(18)6-7-23)21-17-4-8-25-20(17)26-14-27-21/h1-4,8,10,14,18-19,30H,5-7,9,12-13H2,(H,28,31)(H,25,26,27)/t18?,19-/m0/s1. The van der Waals surface area contributed by atoms with Crippen molar-refractivity contribution in [2.75, 3.05) is 24.6 Å². The van der Waals surface area contributed by atoms with E-state index in [1.165, 1.54) is 0 Å². The SMILES string of the molecule is N#Cc1cccc([C@H](CO)NC(=O)C2CCN(c3ncnc4[nH]ccc34)CC23CC3)c1. The first-order valence-electron chi connectivity index (χ1n) is 10.6. The van der Waals surface area contributed by atoms with E-state index in [9.17, 15) is 9.90 Å². The number of nitrogens with one attached hydrogen (secondary N) is 2. The number of fused-ring (bicyclic) bond motifs is 1. The summed E-state index contributed by atoms with van der Waals surface area (Å²) in [7, 11) is 0. The Hall–Kier alpha value is -3.44. The van der Waals surface area contributed by atoms with E-state index in [0.29, 0.717) is 5.56 Å². The van der Waals surface area contributed by atoms with Gasteiger partial charge in [0.1, 0.15) is 17.8 Å². The van der Waals surface area contributed by atoms with Crippen molar-refractivity contribution in [3.8, 4) is 6.07 Å². The van der Waals surface area contributed by atoms with E-state index in [-0.39, 0.29) is 23.8 Å². The van der Waals surface area contributed by atoms with Crippen molar-refractivity contribution < 1.29 is 9.90 Å². The number of H-pyrrole nitrogens is 1. The summed E-state index contributed by atoms with van der Waals surface area (Å²) in [5.74, 6) is 0.798. The lowest BCUT2D eigenvalue weighted by molar-refractivity contribution is -0.129. The van der Waals surface area contributed by atoms with Crippen LogP contribution in [0.3, 0.4) is 0 Å². The first-order valence-corrected chi connectivity index (χ1v) is 10.6. The number of anilines is 1. The van der Waals surface area contributed by atoms with Gasteiger partial charge in [-0.3, -0.25) is 4.79 Å². The second-order valence-corrected chi connectivity index (χ2v) is 8.54. The highest BCUT2D eigenvalue weighted by atomic mass is 16.3. The molecule has 158 valence electrons. The van der Waals surface area contributed by atoms with Gasteiger partial charge in [-0.1, -0.05) is 12.1 Å². The molecule has 2 fully saturated rings. The van der Waals surface area contributed by atoms with Crippen LogP contribution in [0.2, 0.25) is 0 Å². The zero-order valence-electron chi connectivity index (χ0n) is 17.1. The first kappa shape index (κ1) is 19.5. The molecule has 1 aliphatic carbocycles. The van der Waals surface area contributed by atoms with Gasteiger partial charge in [0.05, 0.1) is 29.7 Å². The number of nitrogens with zero attached hydrogens (tertiary/aromatic N) is 4. The number of benzene rings is 1. The molecule has 1 aliphatic heterocycles. The van der Waals surface area contributed by atoms with E-state index in [1.54, 1.807) is 24.5 Å². The van der Waals surface area contributed by atoms with Crippen LogP contribution in [0.4, 0.5) is 5.82 Å². The van der Waals surface area contributed by atoms with E-state index >= 15 is 0 Å². The second kappa shape index (κ2) is 7.67. The van der Waals surface area contributed by atoms with Gasteiger partial charge in [-0.15, -0.1) is 0 Å². The van der Waals surface area contributed by atoms with Gasteiger partial charge in [0.25, 0.3) is 0 Å². The molecule has 5 rings (SSSR count). The minimum atomic E-state index is -0.518. The monoisotopic (exact) mass is 416 g/mol. The van der Waals surface area contributed by atoms with Crippen LogP contribution in [-0.2, 0) is 4.79 Å². The Morgan fingerprint density at radius 2 is 2.26 bits per heavy atom. The topological polar surface area (TPSA) is 118 Å². The van der Waals surface area contributed by atoms with E-state index < -0.39 is 6.04 Å². The van der Waals surface area contributed by atoms with Crippen LogP contribution in [0.1, 0.15) is 36.4 Å². The van der Waals surface area contributed by atoms with Crippen LogP contribution in [0, 0.1) is 22.7 Å². The van der Waals surface area contributed by atoms with Gasteiger partial charge in [0.15, 0.2) is 0 Å². The molecule has 31 heavy (non-hydrogen) atoms. The molecule has 2 aromatic heterocycles. The van der Waals surface area contributed by atoms with Gasteiger partial charge in [0, 0.05) is 25.2 Å². The van der Waals surface area contributed by atoms with Gasteiger partial charge in [-0.05, 0) is 48.4 Å². The number of rotatable bonds is 5. The van der Waals surface area contributed by atoms with Crippen LogP contribution in [-0.4, -0.2) is 45.7 Å². The summed E-state index contributed by atoms with van der Waals surface area (Å²) in [6.07, 6.45) is 6.20. The number of piperidine rings is 1. The highest BCUT2D eigenvalue weighted by molar-refractivity contribution is 5.88. The number of carbonyl (C=O) groups excluding carboxylic acids is 1. The fraction of sp³-hybridized carbons (Fsp3) is 0.391. The van der Waals surface area contributed by atoms with E-state index in [4.69, 9.17) is 5.26 Å². The first-order chi connectivity index (χ1) is 15.1. The van der Waals surface area contributed by atoms with E-state index in [0.717, 1.165) is 54.8 Å². The second-order valence-electron chi connectivity index (χ2n) is 8.54. The lowest BCUT2D eigenvalue weighted by atomic mass is 9.81. The molecule has 1 amide bonds.